The van der Waals surface area contributed by atoms with Crippen LogP contribution in [0.4, 0.5) is 4.79 Å². The van der Waals surface area contributed by atoms with Crippen LogP contribution in [0.25, 0.3) is 0 Å². The van der Waals surface area contributed by atoms with E-state index in [2.05, 4.69) is 22.8 Å². The minimum atomic E-state index is -0.1000. The molecule has 3 unspecified atom stereocenters. The first-order valence-electron chi connectivity index (χ1n) is 8.17. The van der Waals surface area contributed by atoms with Crippen LogP contribution in [-0.2, 0) is 0 Å². The van der Waals surface area contributed by atoms with Gasteiger partial charge in [-0.3, -0.25) is 0 Å². The lowest BCUT2D eigenvalue weighted by Crippen LogP contribution is -2.48. The van der Waals surface area contributed by atoms with Crippen LogP contribution in [0.3, 0.4) is 0 Å². The third-order valence-corrected chi connectivity index (χ3v) is 5.85. The van der Waals surface area contributed by atoms with Gasteiger partial charge in [0.05, 0.1) is 6.04 Å². The van der Waals surface area contributed by atoms with E-state index in [-0.39, 0.29) is 30.6 Å². The van der Waals surface area contributed by atoms with E-state index in [4.69, 9.17) is 0 Å². The Morgan fingerprint density at radius 3 is 2.86 bits per heavy atom. The first-order valence-corrected chi connectivity index (χ1v) is 9.16. The molecule has 3 N–H and O–H groups in total. The summed E-state index contributed by atoms with van der Waals surface area (Å²) in [6.07, 6.45) is 5.21. The van der Waals surface area contributed by atoms with Gasteiger partial charge in [-0.05, 0) is 30.9 Å². The number of carbonyl (C=O) groups is 1. The van der Waals surface area contributed by atoms with Gasteiger partial charge in [0.15, 0.2) is 0 Å². The van der Waals surface area contributed by atoms with Gasteiger partial charge < -0.3 is 15.7 Å². The summed E-state index contributed by atoms with van der Waals surface area (Å²) in [6.45, 7) is 0.161. The van der Waals surface area contributed by atoms with E-state index in [1.807, 2.05) is 23.9 Å². The molecule has 1 aliphatic heterocycles. The number of urea groups is 1. The van der Waals surface area contributed by atoms with Crippen LogP contribution in [0.5, 0.6) is 0 Å². The Balaban J connectivity index is 1.60. The number of nitrogens with one attached hydrogen (secondary N) is 2. The molecule has 1 aliphatic carbocycles. The highest BCUT2D eigenvalue weighted by Gasteiger charge is 2.27. The van der Waals surface area contributed by atoms with Crippen LogP contribution in [0.2, 0.25) is 0 Å². The summed E-state index contributed by atoms with van der Waals surface area (Å²) in [7, 11) is 0. The molecule has 3 atom stereocenters. The van der Waals surface area contributed by atoms with Gasteiger partial charge in [-0.25, -0.2) is 4.79 Å². The predicted octanol–water partition coefficient (Wildman–Crippen LogP) is 3.07. The molecule has 3 rings (SSSR count). The highest BCUT2D eigenvalue weighted by atomic mass is 32.2. The molecule has 1 heterocycles. The molecule has 0 bridgehead atoms. The zero-order valence-electron chi connectivity index (χ0n) is 12.8. The van der Waals surface area contributed by atoms with Crippen LogP contribution in [0.15, 0.2) is 29.2 Å². The molecule has 0 radical (unpaired) electrons. The summed E-state index contributed by atoms with van der Waals surface area (Å²) in [6, 6.07) is 8.39. The molecule has 2 amide bonds. The Kier molecular flexibility index (Phi) is 5.26. The van der Waals surface area contributed by atoms with E-state index in [1.165, 1.54) is 10.5 Å². The number of amides is 2. The van der Waals surface area contributed by atoms with Crippen LogP contribution in [-0.4, -0.2) is 29.5 Å². The summed E-state index contributed by atoms with van der Waals surface area (Å²) in [5.74, 6) is 1.23. The van der Waals surface area contributed by atoms with E-state index >= 15 is 0 Å². The van der Waals surface area contributed by atoms with Crippen LogP contribution in [0, 0.1) is 5.92 Å². The Morgan fingerprint density at radius 1 is 1.18 bits per heavy atom. The monoisotopic (exact) mass is 320 g/mol. The zero-order chi connectivity index (χ0) is 15.4. The quantitative estimate of drug-likeness (QED) is 0.802. The van der Waals surface area contributed by atoms with Crippen LogP contribution >= 0.6 is 11.8 Å². The molecule has 0 spiro atoms. The number of rotatable bonds is 3. The first kappa shape index (κ1) is 15.7. The molecule has 120 valence electrons. The number of hydrogen-bond acceptors (Lipinski definition) is 3. The van der Waals surface area contributed by atoms with Gasteiger partial charge >= 0.3 is 6.03 Å². The summed E-state index contributed by atoms with van der Waals surface area (Å²) < 4.78 is 0. The molecule has 1 aromatic rings. The largest absolute Gasteiger partial charge is 0.396 e. The third kappa shape index (κ3) is 3.58. The third-order valence-electron chi connectivity index (χ3n) is 4.72. The standard InChI is InChI=1S/C17H24N2O2S/c20-11-12-5-1-3-7-14(12)18-17(21)19-15-9-10-22-16-8-4-2-6-13(15)16/h2,4,6,8,12,14-15,20H,1,3,5,7,9-11H2,(H2,18,19,21). The van der Waals surface area contributed by atoms with E-state index in [0.717, 1.165) is 37.9 Å². The summed E-state index contributed by atoms with van der Waals surface area (Å²) >= 11 is 1.85. The first-order chi connectivity index (χ1) is 10.8. The molecular weight excluding hydrogens is 296 g/mol. The lowest BCUT2D eigenvalue weighted by molar-refractivity contribution is 0.153. The fraction of sp³-hybridized carbons (Fsp3) is 0.588. The van der Waals surface area contributed by atoms with Gasteiger partial charge in [-0.2, -0.15) is 0 Å². The number of fused-ring (bicyclic) bond motifs is 1. The van der Waals surface area contributed by atoms with Crippen molar-refractivity contribution in [3.63, 3.8) is 0 Å². The van der Waals surface area contributed by atoms with E-state index in [1.54, 1.807) is 0 Å². The number of thioether (sulfide) groups is 1. The summed E-state index contributed by atoms with van der Waals surface area (Å²) in [5, 5.41) is 15.7. The van der Waals surface area contributed by atoms with Gasteiger partial charge in [0.1, 0.15) is 0 Å². The number of hydrogen-bond donors (Lipinski definition) is 3. The SMILES string of the molecule is O=C(NC1CCSc2ccccc21)NC1CCCCC1CO. The van der Waals surface area contributed by atoms with Crippen molar-refractivity contribution in [3.05, 3.63) is 29.8 Å². The highest BCUT2D eigenvalue weighted by Crippen LogP contribution is 2.35. The van der Waals surface area contributed by atoms with Crippen molar-refractivity contribution in [3.8, 4) is 0 Å². The summed E-state index contributed by atoms with van der Waals surface area (Å²) in [5.41, 5.74) is 1.22. The van der Waals surface area contributed by atoms with E-state index in [9.17, 15) is 9.90 Å². The van der Waals surface area contributed by atoms with E-state index in [0.29, 0.717) is 0 Å². The Bertz CT molecular complexity index is 523. The lowest BCUT2D eigenvalue weighted by Gasteiger charge is -2.32. The summed E-state index contributed by atoms with van der Waals surface area (Å²) in [4.78, 5) is 13.6. The van der Waals surface area contributed by atoms with Gasteiger partial charge in [-0.15, -0.1) is 11.8 Å². The molecule has 22 heavy (non-hydrogen) atoms. The lowest BCUT2D eigenvalue weighted by atomic mass is 9.85. The van der Waals surface area contributed by atoms with Crippen molar-refractivity contribution in [1.29, 1.82) is 0 Å². The predicted molar refractivity (Wildman–Crippen MR) is 89.0 cm³/mol. The maximum atomic E-state index is 12.3. The second-order valence-electron chi connectivity index (χ2n) is 6.18. The van der Waals surface area contributed by atoms with Crippen molar-refractivity contribution in [1.82, 2.24) is 10.6 Å². The second-order valence-corrected chi connectivity index (χ2v) is 7.32. The molecular formula is C17H24N2O2S. The fourth-order valence-corrected chi connectivity index (χ4v) is 4.60. The average molecular weight is 320 g/mol. The number of aliphatic hydroxyl groups is 1. The van der Waals surface area contributed by atoms with Crippen molar-refractivity contribution in [2.75, 3.05) is 12.4 Å². The molecule has 4 nitrogen and oxygen atoms in total. The van der Waals surface area contributed by atoms with Gasteiger partial charge in [0.25, 0.3) is 0 Å². The Labute approximate surface area is 136 Å². The number of carbonyl (C=O) groups excluding carboxylic acids is 1. The molecule has 5 heteroatoms. The van der Waals surface area contributed by atoms with Gasteiger partial charge in [0.2, 0.25) is 0 Å². The normalized spacial score (nSPS) is 27.8. The minimum absolute atomic E-state index is 0.0913. The minimum Gasteiger partial charge on any atom is -0.396 e. The maximum absolute atomic E-state index is 12.3. The van der Waals surface area contributed by atoms with Crippen LogP contribution in [0.1, 0.15) is 43.7 Å². The van der Waals surface area contributed by atoms with Crippen molar-refractivity contribution >= 4 is 17.8 Å². The van der Waals surface area contributed by atoms with Gasteiger partial charge in [0, 0.05) is 29.2 Å². The van der Waals surface area contributed by atoms with Crippen molar-refractivity contribution in [2.45, 2.75) is 49.1 Å². The van der Waals surface area contributed by atoms with Crippen molar-refractivity contribution < 1.29 is 9.90 Å². The molecule has 2 aliphatic rings. The Hall–Kier alpha value is -1.20. The second kappa shape index (κ2) is 7.38. The number of aliphatic hydroxyl groups excluding tert-OH is 1. The van der Waals surface area contributed by atoms with E-state index < -0.39 is 0 Å². The number of benzene rings is 1. The highest BCUT2D eigenvalue weighted by molar-refractivity contribution is 7.99. The molecule has 0 saturated heterocycles. The van der Waals surface area contributed by atoms with Gasteiger partial charge in [-0.1, -0.05) is 31.0 Å². The average Bonchev–Trinajstić information content (AvgIpc) is 2.55. The van der Waals surface area contributed by atoms with Crippen LogP contribution < -0.4 is 10.6 Å². The maximum Gasteiger partial charge on any atom is 0.315 e. The fourth-order valence-electron chi connectivity index (χ4n) is 3.48. The zero-order valence-corrected chi connectivity index (χ0v) is 13.6. The molecule has 1 saturated carbocycles. The molecule has 1 aromatic carbocycles. The van der Waals surface area contributed by atoms with Crippen molar-refractivity contribution in [2.24, 2.45) is 5.92 Å². The molecule has 1 fully saturated rings. The molecule has 0 aromatic heterocycles. The Morgan fingerprint density at radius 2 is 2.00 bits per heavy atom. The smallest absolute Gasteiger partial charge is 0.315 e. The topological polar surface area (TPSA) is 61.4 Å².